The van der Waals surface area contributed by atoms with Crippen LogP contribution < -0.4 is 5.32 Å². The van der Waals surface area contributed by atoms with Gasteiger partial charge in [-0.1, -0.05) is 48.9 Å². The molecular formula is C20H24N2. The predicted octanol–water partition coefficient (Wildman–Crippen LogP) is 4.85. The Hall–Kier alpha value is -1.83. The summed E-state index contributed by atoms with van der Waals surface area (Å²) >= 11 is 0. The number of benzene rings is 2. The van der Waals surface area contributed by atoms with E-state index < -0.39 is 0 Å². The largest absolute Gasteiger partial charge is 0.367 e. The Kier molecular flexibility index (Phi) is 3.84. The van der Waals surface area contributed by atoms with Crippen LogP contribution in [-0.4, -0.2) is 12.4 Å². The van der Waals surface area contributed by atoms with Crippen molar-refractivity contribution in [3.05, 3.63) is 48.0 Å². The molecule has 22 heavy (non-hydrogen) atoms. The van der Waals surface area contributed by atoms with Crippen molar-refractivity contribution >= 4 is 16.6 Å². The van der Waals surface area contributed by atoms with Crippen LogP contribution in [0.4, 0.5) is 0 Å². The van der Waals surface area contributed by atoms with Crippen molar-refractivity contribution in [2.45, 2.75) is 44.6 Å². The van der Waals surface area contributed by atoms with Gasteiger partial charge in [0.25, 0.3) is 0 Å². The summed E-state index contributed by atoms with van der Waals surface area (Å²) < 4.78 is 0. The normalized spacial score (nSPS) is 20.3. The molecule has 114 valence electrons. The van der Waals surface area contributed by atoms with Crippen LogP contribution in [0.3, 0.4) is 0 Å². The maximum Gasteiger partial charge on any atom is 0.0967 e. The third-order valence-electron chi connectivity index (χ3n) is 4.95. The first-order valence-electron chi connectivity index (χ1n) is 8.69. The lowest BCUT2D eigenvalue weighted by Gasteiger charge is -2.22. The molecule has 0 saturated heterocycles. The minimum Gasteiger partial charge on any atom is -0.367 e. The number of hydrogen-bond donors (Lipinski definition) is 1. The fourth-order valence-electron chi connectivity index (χ4n) is 3.57. The Labute approximate surface area is 132 Å². The molecule has 1 N–H and O–H groups in total. The van der Waals surface area contributed by atoms with Crippen molar-refractivity contribution in [3.8, 4) is 0 Å². The highest BCUT2D eigenvalue weighted by molar-refractivity contribution is 5.88. The molecule has 1 heterocycles. The van der Waals surface area contributed by atoms with Crippen molar-refractivity contribution in [2.24, 2.45) is 10.9 Å². The van der Waals surface area contributed by atoms with Crippen molar-refractivity contribution in [2.75, 3.05) is 6.54 Å². The van der Waals surface area contributed by atoms with Crippen LogP contribution in [0.15, 0.2) is 47.5 Å². The lowest BCUT2D eigenvalue weighted by molar-refractivity contribution is 0.567. The first-order valence-corrected chi connectivity index (χ1v) is 8.69. The van der Waals surface area contributed by atoms with E-state index in [1.807, 2.05) is 0 Å². The minimum absolute atomic E-state index is 0.433. The highest BCUT2D eigenvalue weighted by Crippen LogP contribution is 2.43. The molecule has 1 aliphatic heterocycles. The summed E-state index contributed by atoms with van der Waals surface area (Å²) in [6, 6.07) is 15.9. The Balaban J connectivity index is 1.67. The summed E-state index contributed by atoms with van der Waals surface area (Å²) in [5.41, 5.74) is 1.45. The quantitative estimate of drug-likeness (QED) is 0.859. The number of hydrogen-bond acceptors (Lipinski definition) is 2. The topological polar surface area (TPSA) is 24.4 Å². The van der Waals surface area contributed by atoms with Gasteiger partial charge in [-0.3, -0.25) is 4.99 Å². The van der Waals surface area contributed by atoms with Gasteiger partial charge in [-0.05, 0) is 47.9 Å². The van der Waals surface area contributed by atoms with Gasteiger partial charge in [-0.15, -0.1) is 0 Å². The molecule has 2 aromatic rings. The van der Waals surface area contributed by atoms with Crippen LogP contribution in [0.1, 0.15) is 50.1 Å². The molecule has 1 aliphatic carbocycles. The second-order valence-corrected chi connectivity index (χ2v) is 6.67. The van der Waals surface area contributed by atoms with Gasteiger partial charge in [0.15, 0.2) is 0 Å². The van der Waals surface area contributed by atoms with Crippen LogP contribution >= 0.6 is 0 Å². The fraction of sp³-hybridized carbons (Fsp3) is 0.450. The van der Waals surface area contributed by atoms with E-state index in [0.717, 1.165) is 18.9 Å². The molecule has 2 aliphatic rings. The van der Waals surface area contributed by atoms with E-state index >= 15 is 0 Å². The highest BCUT2D eigenvalue weighted by Gasteiger charge is 2.33. The molecule has 2 aromatic carbocycles. The van der Waals surface area contributed by atoms with Crippen molar-refractivity contribution < 1.29 is 0 Å². The van der Waals surface area contributed by atoms with Crippen molar-refractivity contribution in [1.82, 2.24) is 5.32 Å². The van der Waals surface area contributed by atoms with Gasteiger partial charge in [0.05, 0.1) is 11.9 Å². The molecule has 0 bridgehead atoms. The van der Waals surface area contributed by atoms with Gasteiger partial charge < -0.3 is 5.32 Å². The molecule has 1 fully saturated rings. The van der Waals surface area contributed by atoms with Crippen LogP contribution in [0, 0.1) is 5.92 Å². The number of rotatable bonds is 3. The second kappa shape index (κ2) is 6.12. The molecular weight excluding hydrogens is 268 g/mol. The van der Waals surface area contributed by atoms with Gasteiger partial charge in [-0.2, -0.15) is 0 Å². The van der Waals surface area contributed by atoms with E-state index in [-0.39, 0.29) is 0 Å². The van der Waals surface area contributed by atoms with E-state index in [9.17, 15) is 0 Å². The molecule has 1 atom stereocenters. The number of aliphatic imine (C=N–C) groups is 1. The molecule has 1 saturated carbocycles. The van der Waals surface area contributed by atoms with E-state index in [1.54, 1.807) is 0 Å². The molecule has 2 nitrogen and oxygen atoms in total. The van der Waals surface area contributed by atoms with Crippen molar-refractivity contribution in [3.63, 3.8) is 0 Å². The fourth-order valence-corrected chi connectivity index (χ4v) is 3.57. The highest BCUT2D eigenvalue weighted by atomic mass is 15.0. The zero-order valence-electron chi connectivity index (χ0n) is 13.1. The van der Waals surface area contributed by atoms with E-state index in [4.69, 9.17) is 4.99 Å². The molecule has 0 aromatic heterocycles. The Morgan fingerprint density at radius 3 is 2.73 bits per heavy atom. The molecule has 2 heteroatoms. The van der Waals surface area contributed by atoms with Gasteiger partial charge in [0.1, 0.15) is 0 Å². The Morgan fingerprint density at radius 2 is 1.82 bits per heavy atom. The van der Waals surface area contributed by atoms with Crippen LogP contribution in [-0.2, 0) is 0 Å². The van der Waals surface area contributed by atoms with Gasteiger partial charge in [0.2, 0.25) is 0 Å². The maximum atomic E-state index is 4.78. The average molecular weight is 292 g/mol. The SMILES string of the molecule is c1ccc2c(C(NC3=NCCCCC3)C3CC3)cccc2c1. The summed E-state index contributed by atoms with van der Waals surface area (Å²) in [5, 5.41) is 6.55. The van der Waals surface area contributed by atoms with E-state index in [2.05, 4.69) is 47.8 Å². The minimum atomic E-state index is 0.433. The third kappa shape index (κ3) is 2.87. The summed E-state index contributed by atoms with van der Waals surface area (Å²) in [4.78, 5) is 4.78. The monoisotopic (exact) mass is 292 g/mol. The van der Waals surface area contributed by atoms with Gasteiger partial charge >= 0.3 is 0 Å². The van der Waals surface area contributed by atoms with Gasteiger partial charge in [-0.25, -0.2) is 0 Å². The van der Waals surface area contributed by atoms with E-state index in [1.165, 1.54) is 54.3 Å². The molecule has 0 amide bonds. The number of fused-ring (bicyclic) bond motifs is 1. The molecule has 1 unspecified atom stereocenters. The van der Waals surface area contributed by atoms with Gasteiger partial charge in [0, 0.05) is 13.0 Å². The first kappa shape index (κ1) is 13.8. The summed E-state index contributed by atoms with van der Waals surface area (Å²) in [7, 11) is 0. The third-order valence-corrected chi connectivity index (χ3v) is 4.95. The van der Waals surface area contributed by atoms with E-state index in [0.29, 0.717) is 6.04 Å². The number of nitrogens with zero attached hydrogens (tertiary/aromatic N) is 1. The lowest BCUT2D eigenvalue weighted by Crippen LogP contribution is -2.30. The standard InChI is InChI=1S/C20H24N2/c1-2-11-19(21-14-5-1)22-20(16-12-13-16)18-10-6-8-15-7-3-4-9-17(15)18/h3-4,6-10,16,20H,1-2,5,11-14H2,(H,21,22). The summed E-state index contributed by atoms with van der Waals surface area (Å²) in [6.07, 6.45) is 7.64. The molecule has 0 spiro atoms. The smallest absolute Gasteiger partial charge is 0.0967 e. The zero-order valence-corrected chi connectivity index (χ0v) is 13.1. The van der Waals surface area contributed by atoms with Crippen molar-refractivity contribution in [1.29, 1.82) is 0 Å². The van der Waals surface area contributed by atoms with Crippen LogP contribution in [0.5, 0.6) is 0 Å². The summed E-state index contributed by atoms with van der Waals surface area (Å²) in [5.74, 6) is 2.01. The number of nitrogens with one attached hydrogen (secondary N) is 1. The summed E-state index contributed by atoms with van der Waals surface area (Å²) in [6.45, 7) is 0.995. The Morgan fingerprint density at radius 1 is 0.955 bits per heavy atom. The second-order valence-electron chi connectivity index (χ2n) is 6.67. The molecule has 0 radical (unpaired) electrons. The van der Waals surface area contributed by atoms with Crippen LogP contribution in [0.2, 0.25) is 0 Å². The number of amidine groups is 1. The first-order chi connectivity index (χ1) is 10.9. The average Bonchev–Trinajstić information content (AvgIpc) is 3.39. The predicted molar refractivity (Wildman–Crippen MR) is 93.3 cm³/mol. The Bertz CT molecular complexity index is 680. The van der Waals surface area contributed by atoms with Crippen LogP contribution in [0.25, 0.3) is 10.8 Å². The lowest BCUT2D eigenvalue weighted by atomic mass is 9.95. The zero-order chi connectivity index (χ0) is 14.8. The molecule has 4 rings (SSSR count). The maximum absolute atomic E-state index is 4.78.